The van der Waals surface area contributed by atoms with E-state index in [1.54, 1.807) is 0 Å². The molecule has 2 rings (SSSR count). The van der Waals surface area contributed by atoms with Crippen molar-refractivity contribution in [2.45, 2.75) is 109 Å². The van der Waals surface area contributed by atoms with E-state index in [9.17, 15) is 0 Å². The van der Waals surface area contributed by atoms with Gasteiger partial charge in [0.05, 0.1) is 12.7 Å². The molecule has 1 atom stereocenters. The summed E-state index contributed by atoms with van der Waals surface area (Å²) in [6, 6.07) is 9.94. The third-order valence-corrected chi connectivity index (χ3v) is 6.63. The average Bonchev–Trinajstić information content (AvgIpc) is 2.73. The first-order valence-corrected chi connectivity index (χ1v) is 12.8. The maximum Gasteiger partial charge on any atom is 0.397 e. The first-order valence-electron chi connectivity index (χ1n) is 11.7. The molecule has 0 bridgehead atoms. The molecule has 1 aliphatic carbocycles. The Labute approximate surface area is 174 Å². The first kappa shape index (κ1) is 23.6. The predicted octanol–water partition coefficient (Wildman–Crippen LogP) is 8.58. The predicted molar refractivity (Wildman–Crippen MR) is 120 cm³/mol. The van der Waals surface area contributed by atoms with Crippen LogP contribution in [0.5, 0.6) is 5.75 Å². The van der Waals surface area contributed by atoms with Crippen LogP contribution in [0.2, 0.25) is 0 Å². The van der Waals surface area contributed by atoms with Crippen LogP contribution in [-0.2, 0) is 9.05 Å². The van der Waals surface area contributed by atoms with E-state index in [1.165, 1.54) is 77.0 Å². The molecule has 0 amide bonds. The summed E-state index contributed by atoms with van der Waals surface area (Å²) in [5.74, 6) is 0.840. The molecular formula is C24H41O3P. The maximum absolute atomic E-state index is 6.21. The minimum atomic E-state index is -1.30. The first-order chi connectivity index (χ1) is 13.9. The normalized spacial score (nSPS) is 16.2. The second kappa shape index (κ2) is 16.2. The molecule has 160 valence electrons. The summed E-state index contributed by atoms with van der Waals surface area (Å²) in [7, 11) is -1.30. The van der Waals surface area contributed by atoms with Crippen molar-refractivity contribution in [3.8, 4) is 5.75 Å². The zero-order valence-corrected chi connectivity index (χ0v) is 18.8. The third kappa shape index (κ3) is 11.4. The minimum Gasteiger partial charge on any atom is -0.427 e. The highest BCUT2D eigenvalue weighted by molar-refractivity contribution is 7.42. The molecule has 0 aromatic heterocycles. The topological polar surface area (TPSA) is 27.7 Å². The van der Waals surface area contributed by atoms with E-state index < -0.39 is 8.60 Å². The van der Waals surface area contributed by atoms with E-state index in [4.69, 9.17) is 13.6 Å². The van der Waals surface area contributed by atoms with Crippen molar-refractivity contribution >= 4 is 8.60 Å². The number of para-hydroxylation sites is 1. The van der Waals surface area contributed by atoms with Crippen LogP contribution in [0.4, 0.5) is 0 Å². The van der Waals surface area contributed by atoms with E-state index in [-0.39, 0.29) is 0 Å². The van der Waals surface area contributed by atoms with E-state index in [0.717, 1.165) is 31.6 Å². The van der Waals surface area contributed by atoms with E-state index >= 15 is 0 Å². The van der Waals surface area contributed by atoms with Crippen molar-refractivity contribution in [2.75, 3.05) is 6.61 Å². The lowest BCUT2D eigenvalue weighted by molar-refractivity contribution is 0.117. The summed E-state index contributed by atoms with van der Waals surface area (Å²) in [5, 5.41) is 0. The SMILES string of the molecule is CCCCCCCCCCCCOP(Oc1ccccc1)OC1CCCCC1. The van der Waals surface area contributed by atoms with Crippen molar-refractivity contribution < 1.29 is 13.6 Å². The van der Waals surface area contributed by atoms with E-state index in [2.05, 4.69) is 6.92 Å². The smallest absolute Gasteiger partial charge is 0.397 e. The van der Waals surface area contributed by atoms with Crippen molar-refractivity contribution in [3.63, 3.8) is 0 Å². The lowest BCUT2D eigenvalue weighted by Crippen LogP contribution is -2.16. The van der Waals surface area contributed by atoms with Gasteiger partial charge in [-0.3, -0.25) is 4.52 Å². The zero-order valence-electron chi connectivity index (χ0n) is 17.9. The molecule has 1 aromatic carbocycles. The van der Waals surface area contributed by atoms with Gasteiger partial charge in [0.25, 0.3) is 0 Å². The van der Waals surface area contributed by atoms with Crippen LogP contribution >= 0.6 is 8.60 Å². The Morgan fingerprint density at radius 1 is 0.786 bits per heavy atom. The van der Waals surface area contributed by atoms with Crippen LogP contribution in [0, 0.1) is 0 Å². The summed E-state index contributed by atoms with van der Waals surface area (Å²) >= 11 is 0. The molecule has 1 saturated carbocycles. The van der Waals surface area contributed by atoms with Crippen molar-refractivity contribution in [3.05, 3.63) is 30.3 Å². The average molecular weight is 409 g/mol. The van der Waals surface area contributed by atoms with E-state index in [0.29, 0.717) is 6.10 Å². The Balaban J connectivity index is 1.57. The number of unbranched alkanes of at least 4 members (excludes halogenated alkanes) is 9. The van der Waals surface area contributed by atoms with Gasteiger partial charge in [0.1, 0.15) is 5.75 Å². The quantitative estimate of drug-likeness (QED) is 0.202. The lowest BCUT2D eigenvalue weighted by atomic mass is 9.98. The molecule has 0 spiro atoms. The van der Waals surface area contributed by atoms with Gasteiger partial charge in [-0.25, -0.2) is 0 Å². The van der Waals surface area contributed by atoms with Gasteiger partial charge in [-0.1, -0.05) is 102 Å². The number of hydrogen-bond acceptors (Lipinski definition) is 3. The van der Waals surface area contributed by atoms with Gasteiger partial charge in [0.15, 0.2) is 0 Å². The van der Waals surface area contributed by atoms with Crippen molar-refractivity contribution in [1.29, 1.82) is 0 Å². The second-order valence-corrected chi connectivity index (χ2v) is 9.11. The van der Waals surface area contributed by atoms with Gasteiger partial charge in [0, 0.05) is 0 Å². The summed E-state index contributed by atoms with van der Waals surface area (Å²) in [5.41, 5.74) is 0. The molecule has 0 heterocycles. The van der Waals surface area contributed by atoms with Gasteiger partial charge < -0.3 is 9.05 Å². The highest BCUT2D eigenvalue weighted by Gasteiger charge is 2.23. The molecule has 1 aromatic rings. The Morgan fingerprint density at radius 2 is 1.39 bits per heavy atom. The molecular weight excluding hydrogens is 367 g/mol. The number of benzene rings is 1. The summed E-state index contributed by atoms with van der Waals surface area (Å²) < 4.78 is 18.3. The Bertz CT molecular complexity index is 462. The number of rotatable bonds is 16. The molecule has 0 saturated heterocycles. The van der Waals surface area contributed by atoms with Gasteiger partial charge in [-0.2, -0.15) is 0 Å². The molecule has 1 unspecified atom stereocenters. The fourth-order valence-electron chi connectivity index (χ4n) is 3.67. The third-order valence-electron chi connectivity index (χ3n) is 5.41. The molecule has 1 aliphatic rings. The molecule has 0 N–H and O–H groups in total. The summed E-state index contributed by atoms with van der Waals surface area (Å²) in [4.78, 5) is 0. The largest absolute Gasteiger partial charge is 0.427 e. The number of hydrogen-bond donors (Lipinski definition) is 0. The monoisotopic (exact) mass is 408 g/mol. The Morgan fingerprint density at radius 3 is 2.04 bits per heavy atom. The van der Waals surface area contributed by atoms with Gasteiger partial charge in [0.2, 0.25) is 0 Å². The second-order valence-electron chi connectivity index (χ2n) is 8.01. The molecule has 1 fully saturated rings. The summed E-state index contributed by atoms with van der Waals surface area (Å²) in [6.07, 6.45) is 19.8. The van der Waals surface area contributed by atoms with Crippen molar-refractivity contribution in [2.24, 2.45) is 0 Å². The standard InChI is InChI=1S/C24H41O3P/c1-2-3-4-5-6-7-8-9-10-17-22-25-28(26-23-18-13-11-14-19-23)27-24-20-15-12-16-21-24/h11,13-14,18-19,24H,2-10,12,15-17,20-22H2,1H3. The molecule has 4 heteroatoms. The van der Waals surface area contributed by atoms with Crippen molar-refractivity contribution in [1.82, 2.24) is 0 Å². The van der Waals surface area contributed by atoms with Gasteiger partial charge in [-0.05, 0) is 31.4 Å². The fourth-order valence-corrected chi connectivity index (χ4v) is 4.85. The molecule has 0 aliphatic heterocycles. The molecule has 28 heavy (non-hydrogen) atoms. The van der Waals surface area contributed by atoms with Crippen LogP contribution in [0.3, 0.4) is 0 Å². The molecule has 0 radical (unpaired) electrons. The fraction of sp³-hybridized carbons (Fsp3) is 0.750. The summed E-state index contributed by atoms with van der Waals surface area (Å²) in [6.45, 7) is 3.01. The van der Waals surface area contributed by atoms with Crippen LogP contribution < -0.4 is 4.52 Å². The van der Waals surface area contributed by atoms with Crippen LogP contribution in [0.1, 0.15) is 103 Å². The zero-order chi connectivity index (χ0) is 19.7. The molecule has 3 nitrogen and oxygen atoms in total. The minimum absolute atomic E-state index is 0.302. The Kier molecular flexibility index (Phi) is 13.7. The highest BCUT2D eigenvalue weighted by Crippen LogP contribution is 2.44. The van der Waals surface area contributed by atoms with Gasteiger partial charge in [-0.15, -0.1) is 0 Å². The lowest BCUT2D eigenvalue weighted by Gasteiger charge is -2.25. The highest BCUT2D eigenvalue weighted by atomic mass is 31.2. The van der Waals surface area contributed by atoms with Crippen LogP contribution in [0.25, 0.3) is 0 Å². The van der Waals surface area contributed by atoms with Crippen LogP contribution in [-0.4, -0.2) is 12.7 Å². The van der Waals surface area contributed by atoms with Gasteiger partial charge >= 0.3 is 8.60 Å². The maximum atomic E-state index is 6.21. The van der Waals surface area contributed by atoms with Crippen LogP contribution in [0.15, 0.2) is 30.3 Å². The van der Waals surface area contributed by atoms with E-state index in [1.807, 2.05) is 30.3 Å². The Hall–Kier alpha value is -0.630.